The molecule has 0 aromatic heterocycles. The van der Waals surface area contributed by atoms with Crippen molar-refractivity contribution < 1.29 is 24.5 Å². The number of allylic oxidation sites excluding steroid dienone is 9. The maximum Gasteiger partial charge on any atom is 0.305 e. The van der Waals surface area contributed by atoms with Crippen LogP contribution in [0.15, 0.2) is 60.8 Å². The third-order valence-corrected chi connectivity index (χ3v) is 15.5. The van der Waals surface area contributed by atoms with Crippen molar-refractivity contribution in [2.24, 2.45) is 0 Å². The molecule has 0 radical (unpaired) electrons. The van der Waals surface area contributed by atoms with Crippen LogP contribution in [-0.2, 0) is 14.3 Å². The Balaban J connectivity index is 3.48. The van der Waals surface area contributed by atoms with Gasteiger partial charge in [-0.25, -0.2) is 0 Å². The molecule has 0 aromatic rings. The largest absolute Gasteiger partial charge is 0.466 e. The topological polar surface area (TPSA) is 95.9 Å². The van der Waals surface area contributed by atoms with Gasteiger partial charge in [0.2, 0.25) is 5.91 Å². The highest BCUT2D eigenvalue weighted by molar-refractivity contribution is 5.76. The van der Waals surface area contributed by atoms with E-state index in [1.165, 1.54) is 257 Å². The van der Waals surface area contributed by atoms with Gasteiger partial charge in [0, 0.05) is 12.8 Å². The third kappa shape index (κ3) is 62.6. The molecule has 77 heavy (non-hydrogen) atoms. The highest BCUT2D eigenvalue weighted by atomic mass is 16.5. The number of unbranched alkanes of at least 4 members (excludes halogenated alkanes) is 44. The predicted octanol–water partition coefficient (Wildman–Crippen LogP) is 21.9. The van der Waals surface area contributed by atoms with Crippen molar-refractivity contribution in [3.05, 3.63) is 60.8 Å². The summed E-state index contributed by atoms with van der Waals surface area (Å²) in [6.07, 6.45) is 87.0. The van der Waals surface area contributed by atoms with E-state index in [4.69, 9.17) is 4.74 Å². The lowest BCUT2D eigenvalue weighted by Crippen LogP contribution is -2.45. The molecular formula is C71H131NO5. The van der Waals surface area contributed by atoms with Crippen LogP contribution in [-0.4, -0.2) is 47.4 Å². The molecular weight excluding hydrogens is 947 g/mol. The Kier molecular flexibility index (Phi) is 64.0. The molecule has 6 heteroatoms. The van der Waals surface area contributed by atoms with Crippen LogP contribution < -0.4 is 5.32 Å². The fourth-order valence-electron chi connectivity index (χ4n) is 10.3. The Morgan fingerprint density at radius 3 is 1.00 bits per heavy atom. The molecule has 0 aliphatic rings. The van der Waals surface area contributed by atoms with Crippen LogP contribution in [0, 0.1) is 0 Å². The fourth-order valence-corrected chi connectivity index (χ4v) is 10.3. The number of rotatable bonds is 63. The number of aliphatic hydroxyl groups is 2. The number of hydrogen-bond acceptors (Lipinski definition) is 5. The van der Waals surface area contributed by atoms with E-state index in [9.17, 15) is 19.8 Å². The Morgan fingerprint density at radius 2 is 0.649 bits per heavy atom. The molecule has 1 amide bonds. The lowest BCUT2D eigenvalue weighted by Gasteiger charge is -2.20. The van der Waals surface area contributed by atoms with Gasteiger partial charge in [-0.05, 0) is 96.3 Å². The van der Waals surface area contributed by atoms with Crippen LogP contribution in [0.1, 0.15) is 354 Å². The van der Waals surface area contributed by atoms with E-state index in [0.717, 1.165) is 70.6 Å². The van der Waals surface area contributed by atoms with Crippen molar-refractivity contribution in [2.75, 3.05) is 13.2 Å². The number of amides is 1. The van der Waals surface area contributed by atoms with Gasteiger partial charge in [0.25, 0.3) is 0 Å². The second-order valence-corrected chi connectivity index (χ2v) is 23.1. The Labute approximate surface area is 479 Å². The van der Waals surface area contributed by atoms with Crippen molar-refractivity contribution in [3.63, 3.8) is 0 Å². The lowest BCUT2D eigenvalue weighted by atomic mass is 10.0. The Bertz CT molecular complexity index is 1340. The number of nitrogens with one attached hydrogen (secondary N) is 1. The van der Waals surface area contributed by atoms with Crippen molar-refractivity contribution in [1.82, 2.24) is 5.32 Å². The summed E-state index contributed by atoms with van der Waals surface area (Å²) in [6.45, 7) is 4.89. The minimum Gasteiger partial charge on any atom is -0.466 e. The molecule has 0 rings (SSSR count). The number of carbonyl (C=O) groups excluding carboxylic acids is 2. The summed E-state index contributed by atoms with van der Waals surface area (Å²) >= 11 is 0. The maximum absolute atomic E-state index is 12.5. The first-order valence-electron chi connectivity index (χ1n) is 34.1. The summed E-state index contributed by atoms with van der Waals surface area (Å²) in [6, 6.07) is -0.638. The van der Waals surface area contributed by atoms with Gasteiger partial charge in [0.1, 0.15) is 0 Å². The van der Waals surface area contributed by atoms with Gasteiger partial charge in [0.15, 0.2) is 0 Å². The van der Waals surface area contributed by atoms with Crippen molar-refractivity contribution in [3.8, 4) is 0 Å². The van der Waals surface area contributed by atoms with Crippen LogP contribution in [0.4, 0.5) is 0 Å². The SMILES string of the molecule is CCCCCC/C=C\C/C=C\CCCCCCCCCC(=O)OCCCCCCCCCCC/C=C\C/C=C\CCCCCCCCCC(=O)NC(CO)C(O)/C=C/CCCCCCCCCCCCCCCCCCC. The van der Waals surface area contributed by atoms with Crippen molar-refractivity contribution in [1.29, 1.82) is 0 Å². The van der Waals surface area contributed by atoms with E-state index in [-0.39, 0.29) is 18.5 Å². The first-order chi connectivity index (χ1) is 38.0. The average molecular weight is 1080 g/mol. The van der Waals surface area contributed by atoms with E-state index < -0.39 is 12.1 Å². The highest BCUT2D eigenvalue weighted by Gasteiger charge is 2.18. The van der Waals surface area contributed by atoms with Gasteiger partial charge in [-0.2, -0.15) is 0 Å². The van der Waals surface area contributed by atoms with Crippen molar-refractivity contribution in [2.45, 2.75) is 366 Å². The molecule has 6 nitrogen and oxygen atoms in total. The summed E-state index contributed by atoms with van der Waals surface area (Å²) in [5, 5.41) is 23.2. The molecule has 0 fully saturated rings. The minimum absolute atomic E-state index is 0.000979. The van der Waals surface area contributed by atoms with E-state index in [0.29, 0.717) is 19.4 Å². The molecule has 3 N–H and O–H groups in total. The van der Waals surface area contributed by atoms with Crippen LogP contribution in [0.5, 0.6) is 0 Å². The molecule has 0 saturated carbocycles. The minimum atomic E-state index is -0.853. The molecule has 0 aromatic carbocycles. The quantitative estimate of drug-likeness (QED) is 0.0320. The molecule has 0 aliphatic heterocycles. The average Bonchev–Trinajstić information content (AvgIpc) is 3.43. The van der Waals surface area contributed by atoms with Gasteiger partial charge in [-0.3, -0.25) is 9.59 Å². The lowest BCUT2D eigenvalue weighted by molar-refractivity contribution is -0.143. The van der Waals surface area contributed by atoms with Gasteiger partial charge in [0.05, 0.1) is 25.4 Å². The van der Waals surface area contributed by atoms with Crippen LogP contribution in [0.3, 0.4) is 0 Å². The summed E-state index contributed by atoms with van der Waals surface area (Å²) in [7, 11) is 0. The standard InChI is InChI=1S/C71H131NO5/c1-3-5-7-9-11-13-15-17-19-21-28-31-35-39-43-47-51-55-59-63-69(74)68(67-73)72-70(75)64-60-56-52-48-44-40-36-32-29-26-24-23-25-27-30-34-38-42-46-50-54-58-62-66-77-71(76)65-61-57-53-49-45-41-37-33-22-20-18-16-14-12-10-8-6-4-2/h14,16,20,22-23,25-26,29,59,63,68-69,73-74H,3-13,15,17-19,21,24,27-28,30-58,60-62,64-67H2,1-2H3,(H,72,75)/b16-14-,22-20-,25-23-,29-26-,63-59+. The second-order valence-electron chi connectivity index (χ2n) is 23.1. The Hall–Kier alpha value is -2.44. The molecule has 0 bridgehead atoms. The molecule has 0 heterocycles. The molecule has 0 aliphatic carbocycles. The first kappa shape index (κ1) is 74.6. The zero-order chi connectivity index (χ0) is 55.7. The summed E-state index contributed by atoms with van der Waals surface area (Å²) in [4.78, 5) is 24.6. The number of carbonyl (C=O) groups is 2. The molecule has 0 saturated heterocycles. The van der Waals surface area contributed by atoms with Crippen LogP contribution in [0.2, 0.25) is 0 Å². The van der Waals surface area contributed by atoms with Crippen LogP contribution >= 0.6 is 0 Å². The van der Waals surface area contributed by atoms with E-state index in [1.54, 1.807) is 6.08 Å². The molecule has 450 valence electrons. The number of aliphatic hydroxyl groups excluding tert-OH is 2. The van der Waals surface area contributed by atoms with E-state index in [2.05, 4.69) is 67.8 Å². The van der Waals surface area contributed by atoms with Gasteiger partial charge < -0.3 is 20.3 Å². The maximum atomic E-state index is 12.5. The first-order valence-corrected chi connectivity index (χ1v) is 34.1. The normalized spacial score (nSPS) is 12.9. The number of hydrogen-bond donors (Lipinski definition) is 3. The zero-order valence-corrected chi connectivity index (χ0v) is 51.4. The number of esters is 1. The molecule has 0 spiro atoms. The van der Waals surface area contributed by atoms with Gasteiger partial charge in [-0.15, -0.1) is 0 Å². The second kappa shape index (κ2) is 66.1. The smallest absolute Gasteiger partial charge is 0.305 e. The zero-order valence-electron chi connectivity index (χ0n) is 51.4. The predicted molar refractivity (Wildman–Crippen MR) is 338 cm³/mol. The number of ether oxygens (including phenoxy) is 1. The summed E-state index contributed by atoms with van der Waals surface area (Å²) in [5.74, 6) is -0.0778. The van der Waals surface area contributed by atoms with E-state index in [1.807, 2.05) is 6.08 Å². The third-order valence-electron chi connectivity index (χ3n) is 15.5. The summed E-state index contributed by atoms with van der Waals surface area (Å²) in [5.41, 5.74) is 0. The fraction of sp³-hybridized carbons (Fsp3) is 0.831. The monoisotopic (exact) mass is 1080 g/mol. The Morgan fingerprint density at radius 1 is 0.364 bits per heavy atom. The van der Waals surface area contributed by atoms with Crippen LogP contribution in [0.25, 0.3) is 0 Å². The highest BCUT2D eigenvalue weighted by Crippen LogP contribution is 2.17. The molecule has 2 unspecified atom stereocenters. The van der Waals surface area contributed by atoms with Gasteiger partial charge >= 0.3 is 5.97 Å². The molecule has 2 atom stereocenters. The van der Waals surface area contributed by atoms with Gasteiger partial charge in [-0.1, -0.05) is 306 Å². The summed E-state index contributed by atoms with van der Waals surface area (Å²) < 4.78 is 5.49. The van der Waals surface area contributed by atoms with Crippen molar-refractivity contribution >= 4 is 11.9 Å². The van der Waals surface area contributed by atoms with E-state index >= 15 is 0 Å².